The van der Waals surface area contributed by atoms with Crippen molar-refractivity contribution in [2.24, 2.45) is 0 Å². The number of hydrogen-bond acceptors (Lipinski definition) is 4. The number of furan rings is 1. The number of carbonyl (C=O) groups is 1. The molecule has 0 aliphatic heterocycles. The normalized spacial score (nSPS) is 11.5. The van der Waals surface area contributed by atoms with E-state index in [1.807, 2.05) is 23.6 Å². The van der Waals surface area contributed by atoms with Gasteiger partial charge in [-0.15, -0.1) is 11.3 Å². The smallest absolute Gasteiger partial charge is 0.328 e. The van der Waals surface area contributed by atoms with Crippen LogP contribution >= 0.6 is 11.3 Å². The molecule has 0 aliphatic carbocycles. The van der Waals surface area contributed by atoms with Crippen molar-refractivity contribution in [1.82, 2.24) is 4.90 Å². The second-order valence-corrected chi connectivity index (χ2v) is 5.40. The van der Waals surface area contributed by atoms with Gasteiger partial charge in [0.1, 0.15) is 5.76 Å². The summed E-state index contributed by atoms with van der Waals surface area (Å²) in [4.78, 5) is 14.0. The van der Waals surface area contributed by atoms with Crippen molar-refractivity contribution < 1.29 is 14.3 Å². The predicted molar refractivity (Wildman–Crippen MR) is 79.5 cm³/mol. The summed E-state index contributed by atoms with van der Waals surface area (Å²) in [6, 6.07) is 5.89. The van der Waals surface area contributed by atoms with Crippen LogP contribution in [0.2, 0.25) is 0 Å². The Labute approximate surface area is 122 Å². The van der Waals surface area contributed by atoms with E-state index in [2.05, 4.69) is 11.8 Å². The minimum Gasteiger partial charge on any atom is -0.478 e. The first-order valence-corrected chi connectivity index (χ1v) is 7.28. The Morgan fingerprint density at radius 1 is 1.50 bits per heavy atom. The Balaban J connectivity index is 1.95. The fourth-order valence-corrected chi connectivity index (χ4v) is 2.75. The van der Waals surface area contributed by atoms with Gasteiger partial charge in [0.25, 0.3) is 0 Å². The number of aliphatic carboxylic acids is 1. The van der Waals surface area contributed by atoms with Gasteiger partial charge in [-0.25, -0.2) is 4.79 Å². The van der Waals surface area contributed by atoms with Gasteiger partial charge in [-0.3, -0.25) is 4.90 Å². The number of thiophene rings is 1. The first kappa shape index (κ1) is 14.6. The summed E-state index contributed by atoms with van der Waals surface area (Å²) in [5.74, 6) is 0.0279. The molecule has 5 heteroatoms. The summed E-state index contributed by atoms with van der Waals surface area (Å²) in [7, 11) is 0. The molecule has 2 aromatic rings. The fraction of sp³-hybridized carbons (Fsp3) is 0.267. The molecule has 106 valence electrons. The zero-order chi connectivity index (χ0) is 14.4. The van der Waals surface area contributed by atoms with Gasteiger partial charge in [0.05, 0.1) is 12.8 Å². The average Bonchev–Trinajstić information content (AvgIpc) is 3.07. The maximum absolute atomic E-state index is 10.5. The molecule has 4 nitrogen and oxygen atoms in total. The van der Waals surface area contributed by atoms with Crippen molar-refractivity contribution >= 4 is 23.4 Å². The number of carboxylic acid groups (broad SMARTS) is 1. The van der Waals surface area contributed by atoms with Gasteiger partial charge < -0.3 is 9.52 Å². The van der Waals surface area contributed by atoms with E-state index < -0.39 is 5.97 Å². The lowest BCUT2D eigenvalue weighted by atomic mass is 10.2. The molecule has 1 N–H and O–H groups in total. The molecule has 0 saturated carbocycles. The van der Waals surface area contributed by atoms with Crippen LogP contribution in [-0.4, -0.2) is 22.5 Å². The third kappa shape index (κ3) is 4.36. The topological polar surface area (TPSA) is 53.7 Å². The summed E-state index contributed by atoms with van der Waals surface area (Å²) in [6.45, 7) is 4.66. The molecule has 0 bridgehead atoms. The molecule has 2 heterocycles. The molecule has 0 radical (unpaired) electrons. The van der Waals surface area contributed by atoms with E-state index in [1.54, 1.807) is 23.7 Å². The summed E-state index contributed by atoms with van der Waals surface area (Å²) < 4.78 is 5.36. The van der Waals surface area contributed by atoms with Crippen LogP contribution in [0.15, 0.2) is 40.3 Å². The molecule has 20 heavy (non-hydrogen) atoms. The zero-order valence-corrected chi connectivity index (χ0v) is 12.1. The lowest BCUT2D eigenvalue weighted by molar-refractivity contribution is -0.131. The van der Waals surface area contributed by atoms with E-state index in [9.17, 15) is 4.79 Å². The van der Waals surface area contributed by atoms with Gasteiger partial charge in [-0.2, -0.15) is 0 Å². The summed E-state index contributed by atoms with van der Waals surface area (Å²) >= 11 is 1.64. The highest BCUT2D eigenvalue weighted by molar-refractivity contribution is 7.10. The quantitative estimate of drug-likeness (QED) is 0.794. The summed E-state index contributed by atoms with van der Waals surface area (Å²) in [5.41, 5.74) is 0.932. The molecule has 0 unspecified atom stereocenters. The molecule has 0 atom stereocenters. The molecule has 0 fully saturated rings. The first-order valence-electron chi connectivity index (χ1n) is 6.40. The van der Waals surface area contributed by atoms with Gasteiger partial charge in [-0.1, -0.05) is 6.92 Å². The maximum Gasteiger partial charge on any atom is 0.328 e. The first-order chi connectivity index (χ1) is 9.67. The van der Waals surface area contributed by atoms with Crippen molar-refractivity contribution in [2.75, 3.05) is 6.54 Å². The molecule has 2 aromatic heterocycles. The highest BCUT2D eigenvalue weighted by atomic mass is 32.1. The van der Waals surface area contributed by atoms with Crippen LogP contribution < -0.4 is 0 Å². The van der Waals surface area contributed by atoms with Crippen molar-refractivity contribution in [1.29, 1.82) is 0 Å². The van der Waals surface area contributed by atoms with E-state index >= 15 is 0 Å². The lowest BCUT2D eigenvalue weighted by Gasteiger charge is -2.17. The predicted octanol–water partition coefficient (Wildman–Crippen LogP) is 3.46. The van der Waals surface area contributed by atoms with E-state index in [0.29, 0.717) is 0 Å². The second kappa shape index (κ2) is 7.07. The summed E-state index contributed by atoms with van der Waals surface area (Å²) in [5, 5.41) is 10.6. The van der Waals surface area contributed by atoms with Gasteiger partial charge in [-0.05, 0) is 41.8 Å². The fourth-order valence-electron chi connectivity index (χ4n) is 1.86. The van der Waals surface area contributed by atoms with Crippen molar-refractivity contribution in [3.8, 4) is 0 Å². The van der Waals surface area contributed by atoms with E-state index in [4.69, 9.17) is 9.52 Å². The van der Waals surface area contributed by atoms with Gasteiger partial charge in [0.15, 0.2) is 0 Å². The lowest BCUT2D eigenvalue weighted by Crippen LogP contribution is -2.21. The van der Waals surface area contributed by atoms with Gasteiger partial charge in [0, 0.05) is 17.5 Å². The van der Waals surface area contributed by atoms with E-state index in [0.717, 1.165) is 37.0 Å². The SMILES string of the molecule is CCN(Cc1ccco1)Cc1cc(C=CC(=O)O)cs1. The highest BCUT2D eigenvalue weighted by Crippen LogP contribution is 2.19. The highest BCUT2D eigenvalue weighted by Gasteiger charge is 2.08. The third-order valence-electron chi connectivity index (χ3n) is 2.88. The minimum atomic E-state index is -0.925. The Morgan fingerprint density at radius 3 is 3.00 bits per heavy atom. The number of nitrogens with zero attached hydrogens (tertiary/aromatic N) is 1. The van der Waals surface area contributed by atoms with Crippen molar-refractivity contribution in [3.05, 3.63) is 52.1 Å². The number of carboxylic acids is 1. The molecule has 0 spiro atoms. The zero-order valence-electron chi connectivity index (χ0n) is 11.3. The molecule has 0 saturated heterocycles. The molecule has 0 aliphatic rings. The minimum absolute atomic E-state index is 0.779. The Bertz CT molecular complexity index is 572. The Morgan fingerprint density at radius 2 is 2.35 bits per heavy atom. The molecule has 2 rings (SSSR count). The number of rotatable bonds is 7. The van der Waals surface area contributed by atoms with Crippen LogP contribution in [0.3, 0.4) is 0 Å². The van der Waals surface area contributed by atoms with Crippen molar-refractivity contribution in [2.45, 2.75) is 20.0 Å². The second-order valence-electron chi connectivity index (χ2n) is 4.40. The van der Waals surface area contributed by atoms with E-state index in [-0.39, 0.29) is 0 Å². The average molecular weight is 291 g/mol. The molecule has 0 amide bonds. The van der Waals surface area contributed by atoms with Gasteiger partial charge in [0.2, 0.25) is 0 Å². The van der Waals surface area contributed by atoms with Crippen LogP contribution in [-0.2, 0) is 17.9 Å². The third-order valence-corrected chi connectivity index (χ3v) is 3.82. The number of hydrogen-bond donors (Lipinski definition) is 1. The molecular weight excluding hydrogens is 274 g/mol. The van der Waals surface area contributed by atoms with Gasteiger partial charge >= 0.3 is 5.97 Å². The molecule has 0 aromatic carbocycles. The van der Waals surface area contributed by atoms with Crippen LogP contribution in [0.5, 0.6) is 0 Å². The Kier molecular flexibility index (Phi) is 5.15. The maximum atomic E-state index is 10.5. The van der Waals surface area contributed by atoms with Crippen LogP contribution in [0.4, 0.5) is 0 Å². The van der Waals surface area contributed by atoms with Crippen molar-refractivity contribution in [3.63, 3.8) is 0 Å². The Hall–Kier alpha value is -1.85. The van der Waals surface area contributed by atoms with Crippen LogP contribution in [0.1, 0.15) is 23.1 Å². The monoisotopic (exact) mass is 291 g/mol. The van der Waals surface area contributed by atoms with Crippen LogP contribution in [0, 0.1) is 0 Å². The van der Waals surface area contributed by atoms with E-state index in [1.165, 1.54) is 4.88 Å². The largest absolute Gasteiger partial charge is 0.478 e. The standard InChI is InChI=1S/C15H17NO3S/c1-2-16(9-13-4-3-7-19-13)10-14-8-12(11-20-14)5-6-15(17)18/h3-8,11H,2,9-10H2,1H3,(H,17,18). The molecular formula is C15H17NO3S. The van der Waals surface area contributed by atoms with Crippen LogP contribution in [0.25, 0.3) is 6.08 Å². The summed E-state index contributed by atoms with van der Waals surface area (Å²) in [6.07, 6.45) is 4.46.